The Kier molecular flexibility index (Phi) is 7.28. The van der Waals surface area contributed by atoms with Gasteiger partial charge in [0.2, 0.25) is 0 Å². The van der Waals surface area contributed by atoms with E-state index in [9.17, 15) is 22.8 Å². The van der Waals surface area contributed by atoms with Gasteiger partial charge in [0, 0.05) is 24.1 Å². The number of aliphatic carboxylic acids is 1. The summed E-state index contributed by atoms with van der Waals surface area (Å²) in [4.78, 5) is 32.6. The SMILES string of the molecule is O=C(NCc1ccccc1)c1ccc2nc(-c3ccc(F)cc3)c(CCCC(F)(F)C(=O)O)nc2c1. The molecule has 0 bridgehead atoms. The summed E-state index contributed by atoms with van der Waals surface area (Å²) < 4.78 is 40.6. The van der Waals surface area contributed by atoms with Gasteiger partial charge in [-0.15, -0.1) is 0 Å². The topological polar surface area (TPSA) is 92.2 Å². The third-order valence-corrected chi connectivity index (χ3v) is 5.63. The first-order chi connectivity index (χ1) is 17.2. The van der Waals surface area contributed by atoms with Crippen LogP contribution in [0.3, 0.4) is 0 Å². The van der Waals surface area contributed by atoms with E-state index in [-0.39, 0.29) is 18.7 Å². The van der Waals surface area contributed by atoms with E-state index in [1.165, 1.54) is 24.3 Å². The van der Waals surface area contributed by atoms with Crippen LogP contribution in [0.25, 0.3) is 22.3 Å². The maximum Gasteiger partial charge on any atom is 0.374 e. The highest BCUT2D eigenvalue weighted by Gasteiger charge is 2.37. The Morgan fingerprint density at radius 3 is 2.33 bits per heavy atom. The number of nitrogens with one attached hydrogen (secondary N) is 1. The summed E-state index contributed by atoms with van der Waals surface area (Å²) in [6.07, 6.45) is -1.01. The number of nitrogens with zero attached hydrogens (tertiary/aromatic N) is 2. The summed E-state index contributed by atoms with van der Waals surface area (Å²) in [7, 11) is 0. The van der Waals surface area contributed by atoms with E-state index in [2.05, 4.69) is 15.3 Å². The third-order valence-electron chi connectivity index (χ3n) is 5.63. The molecule has 0 aliphatic carbocycles. The summed E-state index contributed by atoms with van der Waals surface area (Å²) in [6.45, 7) is 0.343. The number of amides is 1. The van der Waals surface area contributed by atoms with Crippen molar-refractivity contribution in [2.45, 2.75) is 31.7 Å². The normalized spacial score (nSPS) is 11.4. The highest BCUT2D eigenvalue weighted by molar-refractivity contribution is 5.97. The Bertz CT molecular complexity index is 1390. The summed E-state index contributed by atoms with van der Waals surface area (Å²) in [6, 6.07) is 19.7. The van der Waals surface area contributed by atoms with Crippen LogP contribution in [0.15, 0.2) is 72.8 Å². The van der Waals surface area contributed by atoms with E-state index in [1.54, 1.807) is 18.2 Å². The fraction of sp³-hybridized carbons (Fsp3) is 0.185. The highest BCUT2D eigenvalue weighted by Crippen LogP contribution is 2.27. The van der Waals surface area contributed by atoms with Crippen molar-refractivity contribution < 1.29 is 27.9 Å². The molecule has 2 N–H and O–H groups in total. The van der Waals surface area contributed by atoms with Crippen LogP contribution in [0.1, 0.15) is 34.5 Å². The minimum atomic E-state index is -3.86. The largest absolute Gasteiger partial charge is 0.477 e. The highest BCUT2D eigenvalue weighted by atomic mass is 19.3. The van der Waals surface area contributed by atoms with Crippen molar-refractivity contribution >= 4 is 22.9 Å². The second-order valence-electron chi connectivity index (χ2n) is 8.26. The molecule has 184 valence electrons. The van der Waals surface area contributed by atoms with E-state index >= 15 is 0 Å². The molecule has 0 fully saturated rings. The average Bonchev–Trinajstić information content (AvgIpc) is 2.87. The number of carbonyl (C=O) groups is 2. The van der Waals surface area contributed by atoms with E-state index in [0.717, 1.165) is 5.56 Å². The van der Waals surface area contributed by atoms with Crippen LogP contribution in [0, 0.1) is 5.82 Å². The average molecular weight is 493 g/mol. The summed E-state index contributed by atoms with van der Waals surface area (Å²) >= 11 is 0. The lowest BCUT2D eigenvalue weighted by Crippen LogP contribution is -2.28. The number of benzene rings is 3. The number of rotatable bonds is 9. The van der Waals surface area contributed by atoms with Crippen LogP contribution in [0.5, 0.6) is 0 Å². The van der Waals surface area contributed by atoms with Gasteiger partial charge >= 0.3 is 11.9 Å². The number of hydrogen-bond acceptors (Lipinski definition) is 4. The summed E-state index contributed by atoms with van der Waals surface area (Å²) in [5.74, 6) is -6.80. The van der Waals surface area contributed by atoms with Gasteiger partial charge in [-0.25, -0.2) is 19.2 Å². The van der Waals surface area contributed by atoms with Crippen molar-refractivity contribution in [2.75, 3.05) is 0 Å². The molecule has 3 aromatic carbocycles. The molecule has 4 rings (SSSR count). The second kappa shape index (κ2) is 10.6. The lowest BCUT2D eigenvalue weighted by atomic mass is 10.0. The molecule has 0 atom stereocenters. The van der Waals surface area contributed by atoms with Crippen molar-refractivity contribution in [3.8, 4) is 11.3 Å². The Morgan fingerprint density at radius 2 is 1.64 bits per heavy atom. The molecule has 1 amide bonds. The number of alkyl halides is 2. The summed E-state index contributed by atoms with van der Waals surface area (Å²) in [5, 5.41) is 11.5. The van der Waals surface area contributed by atoms with E-state index in [0.29, 0.717) is 40.1 Å². The molecule has 4 aromatic rings. The zero-order valence-corrected chi connectivity index (χ0v) is 19.0. The number of hydrogen-bond donors (Lipinski definition) is 2. The van der Waals surface area contributed by atoms with Crippen LogP contribution in [-0.2, 0) is 17.8 Å². The predicted octanol–water partition coefficient (Wildman–Crippen LogP) is 5.41. The fourth-order valence-corrected chi connectivity index (χ4v) is 3.71. The van der Waals surface area contributed by atoms with Crippen LogP contribution >= 0.6 is 0 Å². The van der Waals surface area contributed by atoms with Gasteiger partial charge in [0.1, 0.15) is 5.82 Å². The number of carboxylic acids is 1. The van der Waals surface area contributed by atoms with Gasteiger partial charge in [-0.05, 0) is 60.9 Å². The standard InChI is InChI=1S/C27H22F3N3O3/c28-20-11-8-18(9-12-20)24-22(7-4-14-27(29,30)26(35)36)32-23-15-19(10-13-21(23)33-24)25(34)31-16-17-5-2-1-3-6-17/h1-3,5-6,8-13,15H,4,7,14,16H2,(H,31,34)(H,35,36). The molecule has 36 heavy (non-hydrogen) atoms. The van der Waals surface area contributed by atoms with Crippen molar-refractivity contribution in [3.05, 3.63) is 95.4 Å². The molecular formula is C27H22F3N3O3. The number of carboxylic acid groups (broad SMARTS) is 1. The Labute approximate surface area is 204 Å². The monoisotopic (exact) mass is 493 g/mol. The van der Waals surface area contributed by atoms with Gasteiger partial charge in [-0.2, -0.15) is 8.78 Å². The van der Waals surface area contributed by atoms with Crippen molar-refractivity contribution in [1.29, 1.82) is 0 Å². The minimum absolute atomic E-state index is 0.0168. The van der Waals surface area contributed by atoms with Crippen molar-refractivity contribution in [2.24, 2.45) is 0 Å². The minimum Gasteiger partial charge on any atom is -0.477 e. The van der Waals surface area contributed by atoms with Crippen LogP contribution in [-0.4, -0.2) is 32.9 Å². The molecule has 0 spiro atoms. The third kappa shape index (κ3) is 5.86. The molecule has 0 aliphatic rings. The Hall–Kier alpha value is -4.27. The molecule has 0 aliphatic heterocycles. The Balaban J connectivity index is 1.63. The molecule has 1 heterocycles. The van der Waals surface area contributed by atoms with Gasteiger partial charge in [-0.3, -0.25) is 4.79 Å². The van der Waals surface area contributed by atoms with Crippen LogP contribution in [0.4, 0.5) is 13.2 Å². The smallest absolute Gasteiger partial charge is 0.374 e. The molecule has 0 radical (unpaired) electrons. The first kappa shape index (κ1) is 24.8. The number of aryl methyl sites for hydroxylation is 1. The van der Waals surface area contributed by atoms with Gasteiger partial charge in [-0.1, -0.05) is 30.3 Å². The van der Waals surface area contributed by atoms with Crippen molar-refractivity contribution in [3.63, 3.8) is 0 Å². The lowest BCUT2D eigenvalue weighted by molar-refractivity contribution is -0.165. The van der Waals surface area contributed by atoms with Crippen LogP contribution < -0.4 is 5.32 Å². The van der Waals surface area contributed by atoms with Gasteiger partial charge in [0.25, 0.3) is 5.91 Å². The number of carbonyl (C=O) groups excluding carboxylic acids is 1. The lowest BCUT2D eigenvalue weighted by Gasteiger charge is -2.13. The molecule has 0 saturated heterocycles. The maximum absolute atomic E-state index is 13.6. The molecule has 9 heteroatoms. The number of fused-ring (bicyclic) bond motifs is 1. The molecule has 0 unspecified atom stereocenters. The second-order valence-corrected chi connectivity index (χ2v) is 8.26. The molecule has 6 nitrogen and oxygen atoms in total. The van der Waals surface area contributed by atoms with Gasteiger partial charge < -0.3 is 10.4 Å². The zero-order valence-electron chi connectivity index (χ0n) is 19.0. The molecule has 1 aromatic heterocycles. The van der Waals surface area contributed by atoms with Crippen LogP contribution in [0.2, 0.25) is 0 Å². The Morgan fingerprint density at radius 1 is 0.917 bits per heavy atom. The quantitative estimate of drug-likeness (QED) is 0.325. The number of aromatic nitrogens is 2. The molecule has 0 saturated carbocycles. The first-order valence-electron chi connectivity index (χ1n) is 11.2. The van der Waals surface area contributed by atoms with E-state index in [4.69, 9.17) is 5.11 Å². The predicted molar refractivity (Wildman–Crippen MR) is 128 cm³/mol. The summed E-state index contributed by atoms with van der Waals surface area (Å²) in [5.41, 5.74) is 3.40. The fourth-order valence-electron chi connectivity index (χ4n) is 3.71. The van der Waals surface area contributed by atoms with E-state index in [1.807, 2.05) is 30.3 Å². The molecular weight excluding hydrogens is 471 g/mol. The maximum atomic E-state index is 13.6. The number of halogens is 3. The van der Waals surface area contributed by atoms with E-state index < -0.39 is 24.1 Å². The van der Waals surface area contributed by atoms with Crippen molar-refractivity contribution in [1.82, 2.24) is 15.3 Å². The zero-order chi connectivity index (χ0) is 25.7. The van der Waals surface area contributed by atoms with Gasteiger partial charge in [0.15, 0.2) is 0 Å². The first-order valence-corrected chi connectivity index (χ1v) is 11.2. The van der Waals surface area contributed by atoms with Gasteiger partial charge in [0.05, 0.1) is 22.4 Å².